The minimum Gasteiger partial charge on any atom is -0.398 e. The zero-order chi connectivity index (χ0) is 19.1. The van der Waals surface area contributed by atoms with Crippen molar-refractivity contribution >= 4 is 21.6 Å². The molecule has 8 nitrogen and oxygen atoms in total. The number of nitrogens with zero attached hydrogens (tertiary/aromatic N) is 6. The summed E-state index contributed by atoms with van der Waals surface area (Å²) in [7, 11) is 0. The molecule has 0 spiro atoms. The Labute approximate surface area is 164 Å². The monoisotopic (exact) mass is 427 g/mol. The molecule has 3 aromatic heterocycles. The minimum atomic E-state index is 0.361. The van der Waals surface area contributed by atoms with Gasteiger partial charge in [-0.05, 0) is 54.4 Å². The van der Waals surface area contributed by atoms with Gasteiger partial charge in [0.1, 0.15) is 6.67 Å². The van der Waals surface area contributed by atoms with Crippen LogP contribution in [0.4, 0.5) is 5.69 Å². The lowest BCUT2D eigenvalue weighted by molar-refractivity contribution is 0.428. The third kappa shape index (κ3) is 3.14. The molecule has 0 atom stereocenters. The zero-order valence-corrected chi connectivity index (χ0v) is 16.7. The molecule has 0 bridgehead atoms. The van der Waals surface area contributed by atoms with Crippen molar-refractivity contribution in [3.63, 3.8) is 0 Å². The van der Waals surface area contributed by atoms with Gasteiger partial charge in [-0.15, -0.1) is 0 Å². The molecular formula is C18H18BrN7O. The van der Waals surface area contributed by atoms with Gasteiger partial charge in [0.05, 0.1) is 15.9 Å². The maximum atomic E-state index is 5.96. The van der Waals surface area contributed by atoms with E-state index < -0.39 is 0 Å². The first-order valence-corrected chi connectivity index (χ1v) is 9.16. The van der Waals surface area contributed by atoms with Gasteiger partial charge >= 0.3 is 0 Å². The summed E-state index contributed by atoms with van der Waals surface area (Å²) in [6, 6.07) is 7.47. The standard InChI is InChI=1S/C18H18BrN7O/c1-10-13(5-4-6-14(10)20)17-21-18(27-24-17)15-7-8-25(23-15)9-26-12(3)16(19)11(2)22-26/h4-8H,9,20H2,1-3H3. The van der Waals surface area contributed by atoms with Gasteiger partial charge in [-0.3, -0.25) is 4.68 Å². The molecule has 0 aliphatic carbocycles. The summed E-state index contributed by atoms with van der Waals surface area (Å²) >= 11 is 3.54. The second kappa shape index (κ2) is 6.66. The highest BCUT2D eigenvalue weighted by molar-refractivity contribution is 9.10. The molecule has 9 heteroatoms. The highest BCUT2D eigenvalue weighted by Crippen LogP contribution is 2.26. The van der Waals surface area contributed by atoms with Crippen molar-refractivity contribution in [1.82, 2.24) is 29.7 Å². The fourth-order valence-electron chi connectivity index (χ4n) is 2.84. The molecule has 4 rings (SSSR count). The molecule has 27 heavy (non-hydrogen) atoms. The first kappa shape index (κ1) is 17.5. The molecule has 0 aliphatic heterocycles. The normalized spacial score (nSPS) is 11.3. The summed E-state index contributed by atoms with van der Waals surface area (Å²) in [5.74, 6) is 0.854. The number of nitrogen functional groups attached to an aromatic ring is 1. The van der Waals surface area contributed by atoms with Crippen LogP contribution < -0.4 is 5.73 Å². The number of aromatic nitrogens is 6. The van der Waals surface area contributed by atoms with E-state index >= 15 is 0 Å². The van der Waals surface area contributed by atoms with E-state index in [0.717, 1.165) is 27.0 Å². The maximum Gasteiger partial charge on any atom is 0.278 e. The Hall–Kier alpha value is -2.94. The summed E-state index contributed by atoms with van der Waals surface area (Å²) in [5.41, 5.74) is 11.0. The molecule has 1 aromatic carbocycles. The van der Waals surface area contributed by atoms with Gasteiger partial charge in [0, 0.05) is 17.4 Å². The van der Waals surface area contributed by atoms with Gasteiger partial charge in [0.25, 0.3) is 5.89 Å². The van der Waals surface area contributed by atoms with Gasteiger partial charge in [0.2, 0.25) is 5.82 Å². The Balaban J connectivity index is 1.60. The van der Waals surface area contributed by atoms with Crippen LogP contribution in [0.25, 0.3) is 23.0 Å². The Morgan fingerprint density at radius 3 is 2.70 bits per heavy atom. The van der Waals surface area contributed by atoms with E-state index in [9.17, 15) is 0 Å². The summed E-state index contributed by atoms with van der Waals surface area (Å²) in [4.78, 5) is 4.47. The fourth-order valence-corrected chi connectivity index (χ4v) is 3.12. The lowest BCUT2D eigenvalue weighted by Gasteiger charge is -2.04. The second-order valence-corrected chi connectivity index (χ2v) is 7.10. The molecule has 0 saturated heterocycles. The van der Waals surface area contributed by atoms with Gasteiger partial charge < -0.3 is 10.3 Å². The van der Waals surface area contributed by atoms with E-state index in [1.165, 1.54) is 0 Å². The summed E-state index contributed by atoms with van der Waals surface area (Å²) in [6.45, 7) is 6.39. The molecule has 138 valence electrons. The van der Waals surface area contributed by atoms with Crippen molar-refractivity contribution in [3.05, 3.63) is 51.9 Å². The van der Waals surface area contributed by atoms with Gasteiger partial charge in [-0.1, -0.05) is 17.3 Å². The van der Waals surface area contributed by atoms with E-state index in [1.54, 1.807) is 4.68 Å². The maximum absolute atomic E-state index is 5.96. The topological polar surface area (TPSA) is 101 Å². The lowest BCUT2D eigenvalue weighted by Crippen LogP contribution is -2.11. The van der Waals surface area contributed by atoms with Crippen molar-refractivity contribution < 1.29 is 4.52 Å². The zero-order valence-electron chi connectivity index (χ0n) is 15.1. The fraction of sp³-hybridized carbons (Fsp3) is 0.222. The molecule has 4 aromatic rings. The molecule has 0 unspecified atom stereocenters. The number of rotatable bonds is 4. The van der Waals surface area contributed by atoms with Gasteiger partial charge in [0.15, 0.2) is 5.69 Å². The van der Waals surface area contributed by atoms with E-state index in [-0.39, 0.29) is 0 Å². The summed E-state index contributed by atoms with van der Waals surface area (Å²) < 4.78 is 10.1. The molecular weight excluding hydrogens is 410 g/mol. The van der Waals surface area contributed by atoms with E-state index in [4.69, 9.17) is 10.3 Å². The minimum absolute atomic E-state index is 0.361. The van der Waals surface area contributed by atoms with Crippen LogP contribution in [-0.2, 0) is 6.67 Å². The average molecular weight is 428 g/mol. The number of benzene rings is 1. The molecule has 3 heterocycles. The Bertz CT molecular complexity index is 1120. The van der Waals surface area contributed by atoms with Crippen LogP contribution in [0.15, 0.2) is 39.5 Å². The van der Waals surface area contributed by atoms with Crippen LogP contribution in [0, 0.1) is 20.8 Å². The van der Waals surface area contributed by atoms with Crippen LogP contribution in [-0.4, -0.2) is 29.7 Å². The Morgan fingerprint density at radius 1 is 1.15 bits per heavy atom. The number of anilines is 1. The predicted octanol–water partition coefficient (Wildman–Crippen LogP) is 3.57. The van der Waals surface area contributed by atoms with Crippen LogP contribution in [0.2, 0.25) is 0 Å². The third-order valence-electron chi connectivity index (χ3n) is 4.47. The number of halogens is 1. The van der Waals surface area contributed by atoms with Gasteiger partial charge in [-0.25, -0.2) is 4.68 Å². The quantitative estimate of drug-likeness (QED) is 0.499. The average Bonchev–Trinajstić information content (AvgIpc) is 3.35. The Kier molecular flexibility index (Phi) is 4.31. The molecule has 0 radical (unpaired) electrons. The molecule has 0 aliphatic rings. The van der Waals surface area contributed by atoms with Crippen LogP contribution in [0.1, 0.15) is 17.0 Å². The Morgan fingerprint density at radius 2 is 1.96 bits per heavy atom. The van der Waals surface area contributed by atoms with Crippen molar-refractivity contribution in [1.29, 1.82) is 0 Å². The van der Waals surface area contributed by atoms with Crippen molar-refractivity contribution in [2.75, 3.05) is 5.73 Å². The van der Waals surface area contributed by atoms with Crippen molar-refractivity contribution in [3.8, 4) is 23.0 Å². The number of hydrogen-bond donors (Lipinski definition) is 1. The number of hydrogen-bond acceptors (Lipinski definition) is 6. The number of nitrogens with two attached hydrogens (primary N) is 1. The third-order valence-corrected chi connectivity index (χ3v) is 5.62. The molecule has 0 fully saturated rings. The van der Waals surface area contributed by atoms with E-state index in [0.29, 0.717) is 29.8 Å². The van der Waals surface area contributed by atoms with Crippen LogP contribution in [0.5, 0.6) is 0 Å². The van der Waals surface area contributed by atoms with E-state index in [1.807, 2.05) is 55.9 Å². The molecule has 0 saturated carbocycles. The first-order chi connectivity index (χ1) is 12.9. The van der Waals surface area contributed by atoms with Crippen molar-refractivity contribution in [2.45, 2.75) is 27.4 Å². The van der Waals surface area contributed by atoms with Gasteiger partial charge in [-0.2, -0.15) is 15.2 Å². The van der Waals surface area contributed by atoms with Crippen molar-refractivity contribution in [2.24, 2.45) is 0 Å². The molecule has 2 N–H and O–H groups in total. The van der Waals surface area contributed by atoms with E-state index in [2.05, 4.69) is 36.3 Å². The summed E-state index contributed by atoms with van der Waals surface area (Å²) in [6.07, 6.45) is 1.86. The largest absolute Gasteiger partial charge is 0.398 e. The number of aryl methyl sites for hydroxylation is 1. The lowest BCUT2D eigenvalue weighted by atomic mass is 10.1. The molecule has 0 amide bonds. The van der Waals surface area contributed by atoms with Crippen LogP contribution in [0.3, 0.4) is 0 Å². The van der Waals surface area contributed by atoms with Crippen LogP contribution >= 0.6 is 15.9 Å². The second-order valence-electron chi connectivity index (χ2n) is 6.31. The SMILES string of the molecule is Cc1nn(Cn2ccc(-c3nc(-c4cccc(N)c4C)no3)n2)c(C)c1Br. The smallest absolute Gasteiger partial charge is 0.278 e. The highest BCUT2D eigenvalue weighted by Gasteiger charge is 2.16. The predicted molar refractivity (Wildman–Crippen MR) is 105 cm³/mol. The summed E-state index contributed by atoms with van der Waals surface area (Å²) in [5, 5.41) is 13.1. The highest BCUT2D eigenvalue weighted by atomic mass is 79.9. The first-order valence-electron chi connectivity index (χ1n) is 8.36.